The van der Waals surface area contributed by atoms with Gasteiger partial charge in [-0.05, 0) is 43.4 Å². The summed E-state index contributed by atoms with van der Waals surface area (Å²) in [6.45, 7) is 11.8. The maximum absolute atomic E-state index is 5.76. The molecule has 2 heteroatoms. The Morgan fingerprint density at radius 1 is 1.29 bits per heavy atom. The molecule has 0 amide bonds. The molecule has 1 heterocycles. The lowest BCUT2D eigenvalue weighted by molar-refractivity contribution is 0.242. The van der Waals surface area contributed by atoms with Gasteiger partial charge >= 0.3 is 0 Å². The van der Waals surface area contributed by atoms with E-state index in [9.17, 15) is 0 Å². The van der Waals surface area contributed by atoms with E-state index in [-0.39, 0.29) is 5.54 Å². The predicted molar refractivity (Wildman–Crippen MR) is 72.8 cm³/mol. The Bertz CT molecular complexity index is 415. The molecule has 1 aliphatic heterocycles. The molecular weight excluding hydrogens is 210 g/mol. The van der Waals surface area contributed by atoms with E-state index >= 15 is 0 Å². The van der Waals surface area contributed by atoms with Crippen LogP contribution in [-0.4, -0.2) is 12.1 Å². The molecular formula is C15H23NO. The lowest BCUT2D eigenvalue weighted by atomic mass is 9.88. The smallest absolute Gasteiger partial charge is 0.142 e. The van der Waals surface area contributed by atoms with Gasteiger partial charge in [0.05, 0.1) is 11.2 Å². The van der Waals surface area contributed by atoms with Crippen LogP contribution in [0.4, 0.5) is 5.69 Å². The third-order valence-electron chi connectivity index (χ3n) is 2.84. The topological polar surface area (TPSA) is 21.3 Å². The highest BCUT2D eigenvalue weighted by molar-refractivity contribution is 5.61. The summed E-state index contributed by atoms with van der Waals surface area (Å²) in [5, 5.41) is 3.54. The second-order valence-electron chi connectivity index (χ2n) is 6.87. The van der Waals surface area contributed by atoms with Crippen LogP contribution in [0.2, 0.25) is 0 Å². The Morgan fingerprint density at radius 2 is 2.00 bits per heavy atom. The van der Waals surface area contributed by atoms with Gasteiger partial charge in [0.2, 0.25) is 0 Å². The van der Waals surface area contributed by atoms with Crippen molar-refractivity contribution in [3.05, 3.63) is 23.8 Å². The van der Waals surface area contributed by atoms with Crippen LogP contribution in [0, 0.1) is 5.41 Å². The molecule has 0 radical (unpaired) electrons. The lowest BCUT2D eigenvalue weighted by Gasteiger charge is -2.34. The average Bonchev–Trinajstić information content (AvgIpc) is 2.12. The minimum Gasteiger partial charge on any atom is -0.489 e. The zero-order valence-corrected chi connectivity index (χ0v) is 11.6. The Kier molecular flexibility index (Phi) is 2.84. The zero-order valence-electron chi connectivity index (χ0n) is 11.6. The van der Waals surface area contributed by atoms with Crippen molar-refractivity contribution in [1.29, 1.82) is 0 Å². The van der Waals surface area contributed by atoms with Crippen molar-refractivity contribution in [2.75, 3.05) is 11.9 Å². The van der Waals surface area contributed by atoms with Crippen molar-refractivity contribution in [2.24, 2.45) is 5.41 Å². The number of benzene rings is 1. The molecule has 0 saturated heterocycles. The molecule has 2 rings (SSSR count). The van der Waals surface area contributed by atoms with Gasteiger partial charge in [-0.2, -0.15) is 0 Å². The molecule has 94 valence electrons. The fourth-order valence-electron chi connectivity index (χ4n) is 2.18. The second-order valence-corrected chi connectivity index (χ2v) is 6.87. The quantitative estimate of drug-likeness (QED) is 0.795. The molecule has 17 heavy (non-hydrogen) atoms. The summed E-state index contributed by atoms with van der Waals surface area (Å²) in [5.74, 6) is 0.974. The predicted octanol–water partition coefficient (Wildman–Crippen LogP) is 3.86. The maximum atomic E-state index is 5.76. The molecule has 1 aromatic carbocycles. The lowest BCUT2D eigenvalue weighted by Crippen LogP contribution is -2.40. The first kappa shape index (κ1) is 12.3. The Labute approximate surface area is 104 Å². The number of anilines is 1. The van der Waals surface area contributed by atoms with E-state index in [1.807, 2.05) is 0 Å². The summed E-state index contributed by atoms with van der Waals surface area (Å²) in [5.41, 5.74) is 2.83. The highest BCUT2D eigenvalue weighted by Gasteiger charge is 2.25. The first-order chi connectivity index (χ1) is 7.75. The van der Waals surface area contributed by atoms with Gasteiger partial charge in [-0.15, -0.1) is 0 Å². The van der Waals surface area contributed by atoms with Gasteiger partial charge in [0, 0.05) is 0 Å². The molecule has 1 aliphatic rings. The monoisotopic (exact) mass is 233 g/mol. The third-order valence-corrected chi connectivity index (χ3v) is 2.84. The van der Waals surface area contributed by atoms with E-state index in [1.54, 1.807) is 0 Å². The first-order valence-corrected chi connectivity index (χ1v) is 6.29. The van der Waals surface area contributed by atoms with Gasteiger partial charge in [-0.1, -0.05) is 26.8 Å². The van der Waals surface area contributed by atoms with Crippen LogP contribution in [0.5, 0.6) is 5.75 Å². The zero-order chi connectivity index (χ0) is 12.7. The van der Waals surface area contributed by atoms with Crippen molar-refractivity contribution < 1.29 is 4.74 Å². The minimum atomic E-state index is 0.0212. The Morgan fingerprint density at radius 3 is 2.65 bits per heavy atom. The fourth-order valence-corrected chi connectivity index (χ4v) is 2.18. The molecule has 0 atom stereocenters. The second kappa shape index (κ2) is 3.94. The number of nitrogens with one attached hydrogen (secondary N) is 1. The summed E-state index contributed by atoms with van der Waals surface area (Å²) in [4.78, 5) is 0. The Balaban J connectivity index is 2.24. The molecule has 0 bridgehead atoms. The van der Waals surface area contributed by atoms with E-state index in [4.69, 9.17) is 4.74 Å². The van der Waals surface area contributed by atoms with Gasteiger partial charge in [0.15, 0.2) is 0 Å². The normalized spacial score (nSPS) is 17.9. The van der Waals surface area contributed by atoms with Crippen molar-refractivity contribution in [1.82, 2.24) is 0 Å². The van der Waals surface area contributed by atoms with Crippen molar-refractivity contribution in [3.8, 4) is 5.75 Å². The molecule has 0 unspecified atom stereocenters. The largest absolute Gasteiger partial charge is 0.489 e. The van der Waals surface area contributed by atoms with Crippen LogP contribution in [-0.2, 0) is 6.42 Å². The van der Waals surface area contributed by atoms with E-state index in [0.29, 0.717) is 5.41 Å². The standard InChI is InChI=1S/C15H23NO/c1-14(2,3)9-11-6-7-13-12(8-11)16-15(4,5)10-17-13/h6-8,16H,9-10H2,1-5H3. The molecule has 1 aromatic rings. The molecule has 0 aliphatic carbocycles. The van der Waals surface area contributed by atoms with Gasteiger partial charge in [0.1, 0.15) is 12.4 Å². The summed E-state index contributed by atoms with van der Waals surface area (Å²) in [6, 6.07) is 6.48. The molecule has 2 nitrogen and oxygen atoms in total. The molecule has 0 aromatic heterocycles. The number of ether oxygens (including phenoxy) is 1. The number of hydrogen-bond donors (Lipinski definition) is 1. The van der Waals surface area contributed by atoms with Gasteiger partial charge in [-0.25, -0.2) is 0 Å². The highest BCUT2D eigenvalue weighted by Crippen LogP contribution is 2.34. The van der Waals surface area contributed by atoms with Crippen LogP contribution < -0.4 is 10.1 Å². The van der Waals surface area contributed by atoms with Crippen LogP contribution in [0.1, 0.15) is 40.2 Å². The maximum Gasteiger partial charge on any atom is 0.142 e. The average molecular weight is 233 g/mol. The van der Waals surface area contributed by atoms with E-state index in [2.05, 4.69) is 58.1 Å². The van der Waals surface area contributed by atoms with E-state index in [0.717, 1.165) is 24.5 Å². The van der Waals surface area contributed by atoms with Crippen LogP contribution in [0.3, 0.4) is 0 Å². The SMILES string of the molecule is CC(C)(C)Cc1ccc2c(c1)NC(C)(C)CO2. The summed E-state index contributed by atoms with van der Waals surface area (Å²) < 4.78 is 5.76. The summed E-state index contributed by atoms with van der Waals surface area (Å²) in [7, 11) is 0. The van der Waals surface area contributed by atoms with Crippen LogP contribution >= 0.6 is 0 Å². The minimum absolute atomic E-state index is 0.0212. The van der Waals surface area contributed by atoms with E-state index < -0.39 is 0 Å². The van der Waals surface area contributed by atoms with Gasteiger partial charge in [-0.3, -0.25) is 0 Å². The van der Waals surface area contributed by atoms with E-state index in [1.165, 1.54) is 5.56 Å². The Hall–Kier alpha value is -1.18. The summed E-state index contributed by atoms with van der Waals surface area (Å²) in [6.07, 6.45) is 1.09. The fraction of sp³-hybridized carbons (Fsp3) is 0.600. The highest BCUT2D eigenvalue weighted by atomic mass is 16.5. The first-order valence-electron chi connectivity index (χ1n) is 6.29. The van der Waals surface area contributed by atoms with Gasteiger partial charge < -0.3 is 10.1 Å². The van der Waals surface area contributed by atoms with Crippen molar-refractivity contribution in [2.45, 2.75) is 46.6 Å². The molecule has 0 fully saturated rings. The molecule has 0 spiro atoms. The number of fused-ring (bicyclic) bond motifs is 1. The molecule has 1 N–H and O–H groups in total. The molecule has 0 saturated carbocycles. The van der Waals surface area contributed by atoms with Crippen LogP contribution in [0.15, 0.2) is 18.2 Å². The van der Waals surface area contributed by atoms with Crippen molar-refractivity contribution >= 4 is 5.69 Å². The van der Waals surface area contributed by atoms with Crippen LogP contribution in [0.25, 0.3) is 0 Å². The number of hydrogen-bond acceptors (Lipinski definition) is 2. The van der Waals surface area contributed by atoms with Crippen molar-refractivity contribution in [3.63, 3.8) is 0 Å². The third kappa shape index (κ3) is 3.15. The van der Waals surface area contributed by atoms with Gasteiger partial charge in [0.25, 0.3) is 0 Å². The number of rotatable bonds is 1. The summed E-state index contributed by atoms with van der Waals surface area (Å²) >= 11 is 0.